The molecule has 0 amide bonds. The van der Waals surface area contributed by atoms with Crippen molar-refractivity contribution >= 4 is 34.2 Å². The molecule has 0 spiro atoms. The number of halogens is 2. The van der Waals surface area contributed by atoms with E-state index in [-0.39, 0.29) is 5.69 Å². The fraction of sp³-hybridized carbons (Fsp3) is 0.462. The number of fused-ring (bicyclic) bond motifs is 1. The van der Waals surface area contributed by atoms with Crippen LogP contribution in [0.3, 0.4) is 0 Å². The molecular formula is C13H16Cl2N2O. The molecule has 98 valence electrons. The van der Waals surface area contributed by atoms with Gasteiger partial charge in [-0.05, 0) is 18.6 Å². The lowest BCUT2D eigenvalue weighted by Gasteiger charge is -2.03. The second-order valence-electron chi connectivity index (χ2n) is 4.43. The molecule has 0 saturated heterocycles. The van der Waals surface area contributed by atoms with E-state index in [2.05, 4.69) is 11.9 Å². The second-order valence-corrected chi connectivity index (χ2v) is 5.24. The van der Waals surface area contributed by atoms with Gasteiger partial charge in [-0.15, -0.1) is 0 Å². The number of rotatable bonds is 5. The second kappa shape index (κ2) is 5.81. The number of hydrogen-bond acceptors (Lipinski definition) is 1. The van der Waals surface area contributed by atoms with Crippen molar-refractivity contribution in [1.82, 2.24) is 9.55 Å². The third kappa shape index (κ3) is 2.73. The summed E-state index contributed by atoms with van der Waals surface area (Å²) in [6, 6.07) is 3.44. The maximum absolute atomic E-state index is 11.8. The third-order valence-corrected chi connectivity index (χ3v) is 3.77. The van der Waals surface area contributed by atoms with E-state index in [4.69, 9.17) is 23.2 Å². The summed E-state index contributed by atoms with van der Waals surface area (Å²) in [7, 11) is 0. The number of benzene rings is 1. The molecule has 1 N–H and O–H groups in total. The molecule has 0 aliphatic rings. The fourth-order valence-corrected chi connectivity index (χ4v) is 2.39. The van der Waals surface area contributed by atoms with Crippen molar-refractivity contribution in [3.05, 3.63) is 32.7 Å². The molecule has 0 saturated carbocycles. The summed E-state index contributed by atoms with van der Waals surface area (Å²) < 4.78 is 1.73. The predicted octanol–water partition coefficient (Wildman–Crippen LogP) is 4.22. The molecule has 2 rings (SSSR count). The van der Waals surface area contributed by atoms with Crippen LogP contribution in [0.25, 0.3) is 11.0 Å². The van der Waals surface area contributed by atoms with E-state index in [0.717, 1.165) is 30.4 Å². The van der Waals surface area contributed by atoms with Gasteiger partial charge in [-0.1, -0.05) is 49.4 Å². The highest BCUT2D eigenvalue weighted by molar-refractivity contribution is 6.42. The number of imidazole rings is 1. The minimum Gasteiger partial charge on any atom is -0.305 e. The van der Waals surface area contributed by atoms with Crippen LogP contribution < -0.4 is 5.69 Å². The Morgan fingerprint density at radius 1 is 1.17 bits per heavy atom. The Hall–Kier alpha value is -0.930. The number of hydrogen-bond donors (Lipinski definition) is 1. The molecule has 5 heteroatoms. The number of H-pyrrole nitrogens is 1. The first-order chi connectivity index (χ1) is 8.63. The van der Waals surface area contributed by atoms with Gasteiger partial charge >= 0.3 is 5.69 Å². The Balaban J connectivity index is 2.29. The SMILES string of the molecule is CCCCCCn1c(=O)[nH]c2cc(Cl)c(Cl)cc21. The van der Waals surface area contributed by atoms with Crippen LogP contribution in [0.15, 0.2) is 16.9 Å². The van der Waals surface area contributed by atoms with Gasteiger partial charge in [0.25, 0.3) is 0 Å². The summed E-state index contributed by atoms with van der Waals surface area (Å²) in [5.74, 6) is 0. The first-order valence-electron chi connectivity index (χ1n) is 6.21. The van der Waals surface area contributed by atoms with Crippen LogP contribution in [-0.2, 0) is 6.54 Å². The summed E-state index contributed by atoms with van der Waals surface area (Å²) in [5, 5.41) is 0.939. The molecule has 18 heavy (non-hydrogen) atoms. The fourth-order valence-electron chi connectivity index (χ4n) is 2.07. The van der Waals surface area contributed by atoms with Gasteiger partial charge in [0.15, 0.2) is 0 Å². The van der Waals surface area contributed by atoms with Crippen LogP contribution in [0.4, 0.5) is 0 Å². The first kappa shape index (κ1) is 13.5. The molecule has 1 aromatic heterocycles. The zero-order valence-electron chi connectivity index (χ0n) is 10.3. The van der Waals surface area contributed by atoms with Crippen molar-refractivity contribution < 1.29 is 0 Å². The monoisotopic (exact) mass is 286 g/mol. The first-order valence-corrected chi connectivity index (χ1v) is 6.96. The molecule has 0 aliphatic carbocycles. The van der Waals surface area contributed by atoms with Crippen molar-refractivity contribution in [3.63, 3.8) is 0 Å². The minimum atomic E-state index is -0.0974. The lowest BCUT2D eigenvalue weighted by molar-refractivity contribution is 0.581. The topological polar surface area (TPSA) is 37.8 Å². The maximum Gasteiger partial charge on any atom is 0.326 e. The molecule has 2 aromatic rings. The van der Waals surface area contributed by atoms with Gasteiger partial charge in [0.1, 0.15) is 0 Å². The van der Waals surface area contributed by atoms with E-state index < -0.39 is 0 Å². The Morgan fingerprint density at radius 3 is 2.61 bits per heavy atom. The summed E-state index contributed by atoms with van der Waals surface area (Å²) in [6.07, 6.45) is 4.52. The van der Waals surface area contributed by atoms with Crippen molar-refractivity contribution in [3.8, 4) is 0 Å². The molecular weight excluding hydrogens is 271 g/mol. The standard InChI is InChI=1S/C13H16Cl2N2O/c1-2-3-4-5-6-17-12-8-10(15)9(14)7-11(12)16-13(17)18/h7-8H,2-6H2,1H3,(H,16,18). The van der Waals surface area contributed by atoms with E-state index in [1.807, 2.05) is 0 Å². The van der Waals surface area contributed by atoms with Crippen molar-refractivity contribution in [2.75, 3.05) is 0 Å². The number of aryl methyl sites for hydroxylation is 1. The Labute approximate surface area is 116 Å². The number of aromatic nitrogens is 2. The summed E-state index contributed by atoms with van der Waals surface area (Å²) in [5.41, 5.74) is 1.47. The Morgan fingerprint density at radius 2 is 1.89 bits per heavy atom. The van der Waals surface area contributed by atoms with E-state index in [0.29, 0.717) is 10.0 Å². The van der Waals surface area contributed by atoms with E-state index in [1.165, 1.54) is 12.8 Å². The molecule has 0 bridgehead atoms. The van der Waals surface area contributed by atoms with Crippen LogP contribution in [0.1, 0.15) is 32.6 Å². The minimum absolute atomic E-state index is 0.0974. The molecule has 0 radical (unpaired) electrons. The normalized spacial score (nSPS) is 11.3. The molecule has 0 fully saturated rings. The highest BCUT2D eigenvalue weighted by atomic mass is 35.5. The van der Waals surface area contributed by atoms with Crippen LogP contribution >= 0.6 is 23.2 Å². The van der Waals surface area contributed by atoms with Crippen LogP contribution in [-0.4, -0.2) is 9.55 Å². The summed E-state index contributed by atoms with van der Waals surface area (Å²) in [6.45, 7) is 2.89. The van der Waals surface area contributed by atoms with Gasteiger partial charge < -0.3 is 4.98 Å². The summed E-state index contributed by atoms with van der Waals surface area (Å²) >= 11 is 11.9. The predicted molar refractivity (Wildman–Crippen MR) is 76.7 cm³/mol. The smallest absolute Gasteiger partial charge is 0.305 e. The lowest BCUT2D eigenvalue weighted by Crippen LogP contribution is -2.16. The molecule has 1 heterocycles. The zero-order chi connectivity index (χ0) is 13.1. The lowest BCUT2D eigenvalue weighted by atomic mass is 10.2. The van der Waals surface area contributed by atoms with Crippen LogP contribution in [0, 0.1) is 0 Å². The van der Waals surface area contributed by atoms with E-state index in [9.17, 15) is 4.79 Å². The van der Waals surface area contributed by atoms with Crippen LogP contribution in [0.2, 0.25) is 10.0 Å². The van der Waals surface area contributed by atoms with Gasteiger partial charge in [0, 0.05) is 6.54 Å². The molecule has 0 unspecified atom stereocenters. The van der Waals surface area contributed by atoms with E-state index in [1.54, 1.807) is 16.7 Å². The molecule has 0 atom stereocenters. The average Bonchev–Trinajstić information content (AvgIpc) is 2.62. The average molecular weight is 287 g/mol. The Bertz CT molecular complexity index is 601. The molecule has 0 aliphatic heterocycles. The van der Waals surface area contributed by atoms with Gasteiger partial charge in [-0.3, -0.25) is 4.57 Å². The highest BCUT2D eigenvalue weighted by Crippen LogP contribution is 2.26. The van der Waals surface area contributed by atoms with Gasteiger partial charge in [0.05, 0.1) is 21.1 Å². The van der Waals surface area contributed by atoms with Gasteiger partial charge in [0.2, 0.25) is 0 Å². The molecule has 1 aromatic carbocycles. The number of nitrogens with one attached hydrogen (secondary N) is 1. The molecule has 3 nitrogen and oxygen atoms in total. The van der Waals surface area contributed by atoms with Crippen molar-refractivity contribution in [2.45, 2.75) is 39.2 Å². The zero-order valence-corrected chi connectivity index (χ0v) is 11.8. The van der Waals surface area contributed by atoms with E-state index >= 15 is 0 Å². The highest BCUT2D eigenvalue weighted by Gasteiger charge is 2.09. The quantitative estimate of drug-likeness (QED) is 0.821. The van der Waals surface area contributed by atoms with Crippen molar-refractivity contribution in [2.24, 2.45) is 0 Å². The maximum atomic E-state index is 11.8. The number of nitrogens with zero attached hydrogens (tertiary/aromatic N) is 1. The van der Waals surface area contributed by atoms with Gasteiger partial charge in [-0.25, -0.2) is 4.79 Å². The van der Waals surface area contributed by atoms with Crippen molar-refractivity contribution in [1.29, 1.82) is 0 Å². The Kier molecular flexibility index (Phi) is 4.36. The van der Waals surface area contributed by atoms with Crippen LogP contribution in [0.5, 0.6) is 0 Å². The largest absolute Gasteiger partial charge is 0.326 e. The number of aromatic amines is 1. The third-order valence-electron chi connectivity index (χ3n) is 3.05. The number of unbranched alkanes of at least 4 members (excludes halogenated alkanes) is 3. The van der Waals surface area contributed by atoms with Gasteiger partial charge in [-0.2, -0.15) is 0 Å². The summed E-state index contributed by atoms with van der Waals surface area (Å²) in [4.78, 5) is 14.6.